The van der Waals surface area contributed by atoms with Crippen molar-refractivity contribution >= 4 is 5.69 Å². The Hall–Kier alpha value is -2.36. The van der Waals surface area contributed by atoms with E-state index in [4.69, 9.17) is 14.2 Å². The number of benzene rings is 2. The lowest BCUT2D eigenvalue weighted by atomic mass is 10.2. The van der Waals surface area contributed by atoms with Crippen LogP contribution in [0.25, 0.3) is 0 Å². The summed E-state index contributed by atoms with van der Waals surface area (Å²) in [5.74, 6) is 2.36. The molecule has 1 atom stereocenters. The standard InChI is InChI=1S/C19H25NO3/c1-14(2)22-17-9-7-8-16(12-17)20-13-15(3)23-19-11-6-5-10-18(19)21-4/h5-12,14-15,20H,13H2,1-4H3/t15-/m1/s1. The van der Waals surface area contributed by atoms with Crippen LogP contribution >= 0.6 is 0 Å². The molecule has 0 radical (unpaired) electrons. The number of methoxy groups -OCH3 is 1. The van der Waals surface area contributed by atoms with Crippen molar-refractivity contribution in [3.63, 3.8) is 0 Å². The monoisotopic (exact) mass is 315 g/mol. The Balaban J connectivity index is 1.90. The van der Waals surface area contributed by atoms with Gasteiger partial charge in [0.05, 0.1) is 19.8 Å². The Kier molecular flexibility index (Phi) is 6.15. The van der Waals surface area contributed by atoms with Gasteiger partial charge >= 0.3 is 0 Å². The summed E-state index contributed by atoms with van der Waals surface area (Å²) in [4.78, 5) is 0. The number of hydrogen-bond donors (Lipinski definition) is 1. The summed E-state index contributed by atoms with van der Waals surface area (Å²) in [6.07, 6.45) is 0.166. The molecule has 0 amide bonds. The van der Waals surface area contributed by atoms with Gasteiger partial charge in [0.1, 0.15) is 11.9 Å². The molecule has 0 heterocycles. The predicted octanol–water partition coefficient (Wildman–Crippen LogP) is 4.36. The minimum absolute atomic E-state index is 0.000901. The Morgan fingerprint density at radius 2 is 1.65 bits per heavy atom. The maximum Gasteiger partial charge on any atom is 0.161 e. The summed E-state index contributed by atoms with van der Waals surface area (Å²) >= 11 is 0. The molecule has 0 aromatic heterocycles. The molecule has 0 aliphatic rings. The fourth-order valence-corrected chi connectivity index (χ4v) is 2.19. The van der Waals surface area contributed by atoms with Crippen molar-refractivity contribution in [2.75, 3.05) is 19.0 Å². The van der Waals surface area contributed by atoms with Crippen LogP contribution in [0, 0.1) is 0 Å². The van der Waals surface area contributed by atoms with E-state index >= 15 is 0 Å². The zero-order chi connectivity index (χ0) is 16.7. The van der Waals surface area contributed by atoms with Crippen molar-refractivity contribution < 1.29 is 14.2 Å². The Morgan fingerprint density at radius 3 is 2.35 bits per heavy atom. The molecule has 2 aromatic rings. The highest BCUT2D eigenvalue weighted by atomic mass is 16.5. The molecule has 2 rings (SSSR count). The maximum atomic E-state index is 5.93. The van der Waals surface area contributed by atoms with Crippen LogP contribution in [0.15, 0.2) is 48.5 Å². The molecule has 0 spiro atoms. The first-order valence-electron chi connectivity index (χ1n) is 7.88. The zero-order valence-electron chi connectivity index (χ0n) is 14.2. The van der Waals surface area contributed by atoms with Crippen molar-refractivity contribution in [1.29, 1.82) is 0 Å². The van der Waals surface area contributed by atoms with Crippen LogP contribution in [0.3, 0.4) is 0 Å². The first kappa shape index (κ1) is 17.0. The predicted molar refractivity (Wildman–Crippen MR) is 93.8 cm³/mol. The summed E-state index contributed by atoms with van der Waals surface area (Å²) in [6, 6.07) is 15.6. The quantitative estimate of drug-likeness (QED) is 0.785. The molecule has 0 fully saturated rings. The number of anilines is 1. The largest absolute Gasteiger partial charge is 0.493 e. The molecule has 0 saturated carbocycles. The summed E-state index contributed by atoms with van der Waals surface area (Å²) in [6.45, 7) is 6.74. The third-order valence-corrected chi connectivity index (χ3v) is 3.20. The molecule has 23 heavy (non-hydrogen) atoms. The highest BCUT2D eigenvalue weighted by Gasteiger charge is 2.08. The van der Waals surface area contributed by atoms with E-state index in [-0.39, 0.29) is 12.2 Å². The summed E-state index contributed by atoms with van der Waals surface area (Å²) < 4.78 is 16.9. The second-order valence-electron chi connectivity index (χ2n) is 5.65. The fraction of sp³-hybridized carbons (Fsp3) is 0.368. The molecule has 0 bridgehead atoms. The topological polar surface area (TPSA) is 39.7 Å². The number of nitrogens with one attached hydrogen (secondary N) is 1. The first-order chi connectivity index (χ1) is 11.1. The number of ether oxygens (including phenoxy) is 3. The van der Waals surface area contributed by atoms with Crippen molar-refractivity contribution in [1.82, 2.24) is 0 Å². The summed E-state index contributed by atoms with van der Waals surface area (Å²) in [5, 5.41) is 3.37. The van der Waals surface area contributed by atoms with E-state index in [0.717, 1.165) is 22.9 Å². The molecule has 0 aliphatic carbocycles. The highest BCUT2D eigenvalue weighted by molar-refractivity contribution is 5.48. The number of hydrogen-bond acceptors (Lipinski definition) is 4. The lowest BCUT2D eigenvalue weighted by molar-refractivity contribution is 0.223. The van der Waals surface area contributed by atoms with E-state index in [1.54, 1.807) is 7.11 Å². The average Bonchev–Trinajstić information content (AvgIpc) is 2.53. The molecular formula is C19H25NO3. The molecular weight excluding hydrogens is 290 g/mol. The van der Waals surface area contributed by atoms with Gasteiger partial charge in [-0.25, -0.2) is 0 Å². The van der Waals surface area contributed by atoms with E-state index in [1.165, 1.54) is 0 Å². The van der Waals surface area contributed by atoms with Crippen molar-refractivity contribution in [3.8, 4) is 17.2 Å². The van der Waals surface area contributed by atoms with Crippen LogP contribution in [-0.4, -0.2) is 25.9 Å². The van der Waals surface area contributed by atoms with Gasteiger partial charge in [-0.2, -0.15) is 0 Å². The van der Waals surface area contributed by atoms with Gasteiger partial charge in [-0.3, -0.25) is 0 Å². The zero-order valence-corrected chi connectivity index (χ0v) is 14.2. The number of rotatable bonds is 8. The Labute approximate surface area is 138 Å². The van der Waals surface area contributed by atoms with Gasteiger partial charge < -0.3 is 19.5 Å². The minimum atomic E-state index is 0.000901. The molecule has 2 aromatic carbocycles. The summed E-state index contributed by atoms with van der Waals surface area (Å²) in [7, 11) is 1.64. The summed E-state index contributed by atoms with van der Waals surface area (Å²) in [5.41, 5.74) is 1.01. The smallest absolute Gasteiger partial charge is 0.161 e. The van der Waals surface area contributed by atoms with E-state index < -0.39 is 0 Å². The van der Waals surface area contributed by atoms with Gasteiger partial charge in [0.2, 0.25) is 0 Å². The molecule has 0 unspecified atom stereocenters. The average molecular weight is 315 g/mol. The Morgan fingerprint density at radius 1 is 0.913 bits per heavy atom. The highest BCUT2D eigenvalue weighted by Crippen LogP contribution is 2.27. The second kappa shape index (κ2) is 8.32. The lowest BCUT2D eigenvalue weighted by Gasteiger charge is -2.18. The van der Waals surface area contributed by atoms with Gasteiger partial charge in [-0.05, 0) is 45.0 Å². The van der Waals surface area contributed by atoms with E-state index in [9.17, 15) is 0 Å². The SMILES string of the molecule is COc1ccccc1O[C@H](C)CNc1cccc(OC(C)C)c1. The van der Waals surface area contributed by atoms with Gasteiger partial charge in [0.15, 0.2) is 11.5 Å². The molecule has 124 valence electrons. The third-order valence-electron chi connectivity index (χ3n) is 3.20. The second-order valence-corrected chi connectivity index (χ2v) is 5.65. The number of para-hydroxylation sites is 2. The van der Waals surface area contributed by atoms with Crippen LogP contribution in [0.1, 0.15) is 20.8 Å². The fourth-order valence-electron chi connectivity index (χ4n) is 2.19. The van der Waals surface area contributed by atoms with Crippen LogP contribution in [0.4, 0.5) is 5.69 Å². The molecule has 4 nitrogen and oxygen atoms in total. The first-order valence-corrected chi connectivity index (χ1v) is 7.88. The van der Waals surface area contributed by atoms with Crippen molar-refractivity contribution in [2.24, 2.45) is 0 Å². The van der Waals surface area contributed by atoms with E-state index in [0.29, 0.717) is 6.54 Å². The normalized spacial score (nSPS) is 11.9. The van der Waals surface area contributed by atoms with Gasteiger partial charge in [-0.15, -0.1) is 0 Å². The van der Waals surface area contributed by atoms with E-state index in [2.05, 4.69) is 5.32 Å². The molecule has 4 heteroatoms. The van der Waals surface area contributed by atoms with Gasteiger partial charge in [-0.1, -0.05) is 18.2 Å². The molecule has 0 aliphatic heterocycles. The van der Waals surface area contributed by atoms with Crippen molar-refractivity contribution in [2.45, 2.75) is 33.0 Å². The van der Waals surface area contributed by atoms with Crippen LogP contribution in [0.2, 0.25) is 0 Å². The van der Waals surface area contributed by atoms with Gasteiger partial charge in [0.25, 0.3) is 0 Å². The molecule has 0 saturated heterocycles. The minimum Gasteiger partial charge on any atom is -0.493 e. The van der Waals surface area contributed by atoms with E-state index in [1.807, 2.05) is 69.3 Å². The van der Waals surface area contributed by atoms with Crippen molar-refractivity contribution in [3.05, 3.63) is 48.5 Å². The molecule has 1 N–H and O–H groups in total. The van der Waals surface area contributed by atoms with Crippen LogP contribution < -0.4 is 19.5 Å². The van der Waals surface area contributed by atoms with Gasteiger partial charge in [0, 0.05) is 11.8 Å². The third kappa shape index (κ3) is 5.40. The van der Waals surface area contributed by atoms with Crippen LogP contribution in [0.5, 0.6) is 17.2 Å². The lowest BCUT2D eigenvalue weighted by Crippen LogP contribution is -2.22. The van der Waals surface area contributed by atoms with Crippen LogP contribution in [-0.2, 0) is 0 Å². The Bertz CT molecular complexity index is 613. The maximum absolute atomic E-state index is 5.93.